The summed E-state index contributed by atoms with van der Waals surface area (Å²) in [6, 6.07) is 0.395. The predicted molar refractivity (Wildman–Crippen MR) is 58.0 cm³/mol. The van der Waals surface area contributed by atoms with Gasteiger partial charge in [0.15, 0.2) is 0 Å². The molecule has 13 heavy (non-hydrogen) atoms. The number of nitrogens with zero attached hydrogens (tertiary/aromatic N) is 2. The van der Waals surface area contributed by atoms with Crippen molar-refractivity contribution in [1.82, 2.24) is 9.78 Å². The van der Waals surface area contributed by atoms with E-state index in [1.807, 2.05) is 10.9 Å². The van der Waals surface area contributed by atoms with Crippen LogP contribution >= 0.6 is 11.8 Å². The lowest BCUT2D eigenvalue weighted by molar-refractivity contribution is 0.484. The third kappa shape index (κ3) is 2.18. The summed E-state index contributed by atoms with van der Waals surface area (Å²) in [7, 11) is 0. The Balaban J connectivity index is 2.85. The van der Waals surface area contributed by atoms with Crippen LogP contribution in [0.25, 0.3) is 0 Å². The highest BCUT2D eigenvalue weighted by Crippen LogP contribution is 2.26. The van der Waals surface area contributed by atoms with Crippen molar-refractivity contribution in [1.29, 1.82) is 0 Å². The number of hydrogen-bond donors (Lipinski definition) is 1. The highest BCUT2D eigenvalue weighted by atomic mass is 32.2. The molecule has 0 aliphatic carbocycles. The van der Waals surface area contributed by atoms with Gasteiger partial charge in [0, 0.05) is 0 Å². The molecule has 0 saturated carbocycles. The smallest absolute Gasteiger partial charge is 0.135 e. The fraction of sp³-hybridized carbons (Fsp3) is 0.667. The summed E-state index contributed by atoms with van der Waals surface area (Å²) in [5.74, 6) is 1.84. The lowest BCUT2D eigenvalue weighted by atomic mass is 10.3. The molecule has 1 heterocycles. The number of rotatable bonds is 4. The standard InChI is InChI=1S/C9H17N3S/c1-4-7(3)12-9(10)8(6-11-12)13-5-2/h6-7H,4-5,10H2,1-3H3. The highest BCUT2D eigenvalue weighted by molar-refractivity contribution is 7.99. The molecule has 1 rings (SSSR count). The van der Waals surface area contributed by atoms with Crippen LogP contribution < -0.4 is 5.73 Å². The van der Waals surface area contributed by atoms with Gasteiger partial charge in [0.25, 0.3) is 0 Å². The first-order valence-corrected chi connectivity index (χ1v) is 5.65. The average Bonchev–Trinajstić information content (AvgIpc) is 2.48. The molecular weight excluding hydrogens is 182 g/mol. The second kappa shape index (κ2) is 4.56. The number of aromatic nitrogens is 2. The average molecular weight is 199 g/mol. The molecule has 2 N–H and O–H groups in total. The van der Waals surface area contributed by atoms with Crippen LogP contribution in [-0.2, 0) is 0 Å². The van der Waals surface area contributed by atoms with E-state index < -0.39 is 0 Å². The molecule has 4 heteroatoms. The van der Waals surface area contributed by atoms with E-state index >= 15 is 0 Å². The van der Waals surface area contributed by atoms with Crippen LogP contribution in [0.5, 0.6) is 0 Å². The Bertz CT molecular complexity index is 270. The van der Waals surface area contributed by atoms with E-state index in [-0.39, 0.29) is 0 Å². The van der Waals surface area contributed by atoms with Crippen LogP contribution in [-0.4, -0.2) is 15.5 Å². The van der Waals surface area contributed by atoms with Crippen molar-refractivity contribution in [3.05, 3.63) is 6.20 Å². The van der Waals surface area contributed by atoms with Crippen molar-refractivity contribution in [3.63, 3.8) is 0 Å². The summed E-state index contributed by atoms with van der Waals surface area (Å²) in [5, 5.41) is 4.28. The van der Waals surface area contributed by atoms with Crippen LogP contribution in [0.1, 0.15) is 33.2 Å². The van der Waals surface area contributed by atoms with Crippen molar-refractivity contribution >= 4 is 17.6 Å². The van der Waals surface area contributed by atoms with Crippen molar-refractivity contribution in [2.75, 3.05) is 11.5 Å². The van der Waals surface area contributed by atoms with E-state index in [1.54, 1.807) is 11.8 Å². The van der Waals surface area contributed by atoms with Crippen LogP contribution in [0.4, 0.5) is 5.82 Å². The Morgan fingerprint density at radius 2 is 2.31 bits per heavy atom. The van der Waals surface area contributed by atoms with Gasteiger partial charge in [-0.15, -0.1) is 11.8 Å². The lowest BCUT2D eigenvalue weighted by Gasteiger charge is -2.11. The molecule has 0 aromatic carbocycles. The van der Waals surface area contributed by atoms with Crippen LogP contribution in [0, 0.1) is 0 Å². The molecule has 1 atom stereocenters. The van der Waals surface area contributed by atoms with E-state index in [0.717, 1.165) is 22.9 Å². The summed E-state index contributed by atoms with van der Waals surface area (Å²) >= 11 is 1.74. The quantitative estimate of drug-likeness (QED) is 0.758. The SMILES string of the molecule is CCSc1cnn(C(C)CC)c1N. The van der Waals surface area contributed by atoms with Gasteiger partial charge in [0.05, 0.1) is 17.1 Å². The summed E-state index contributed by atoms with van der Waals surface area (Å²) in [6.07, 6.45) is 2.91. The molecule has 3 nitrogen and oxygen atoms in total. The summed E-state index contributed by atoms with van der Waals surface area (Å²) in [4.78, 5) is 1.10. The zero-order valence-electron chi connectivity index (χ0n) is 8.45. The fourth-order valence-corrected chi connectivity index (χ4v) is 1.82. The minimum Gasteiger partial charge on any atom is -0.383 e. The van der Waals surface area contributed by atoms with Gasteiger partial charge >= 0.3 is 0 Å². The van der Waals surface area contributed by atoms with Crippen molar-refractivity contribution in [2.24, 2.45) is 0 Å². The Hall–Kier alpha value is -0.640. The normalized spacial score (nSPS) is 13.2. The second-order valence-electron chi connectivity index (χ2n) is 3.03. The van der Waals surface area contributed by atoms with Crippen molar-refractivity contribution < 1.29 is 0 Å². The molecule has 0 fully saturated rings. The van der Waals surface area contributed by atoms with Crippen LogP contribution in [0.15, 0.2) is 11.1 Å². The van der Waals surface area contributed by atoms with Gasteiger partial charge in [0.2, 0.25) is 0 Å². The van der Waals surface area contributed by atoms with Gasteiger partial charge in [-0.3, -0.25) is 0 Å². The maximum absolute atomic E-state index is 5.95. The first-order valence-electron chi connectivity index (χ1n) is 4.66. The number of nitrogens with two attached hydrogens (primary N) is 1. The second-order valence-corrected chi connectivity index (χ2v) is 4.33. The van der Waals surface area contributed by atoms with E-state index in [9.17, 15) is 0 Å². The Morgan fingerprint density at radius 1 is 1.62 bits per heavy atom. The molecule has 1 unspecified atom stereocenters. The maximum atomic E-state index is 5.95. The minimum absolute atomic E-state index is 0.395. The number of hydrogen-bond acceptors (Lipinski definition) is 3. The Kier molecular flexibility index (Phi) is 3.66. The van der Waals surface area contributed by atoms with Gasteiger partial charge in [-0.2, -0.15) is 5.10 Å². The molecule has 0 bridgehead atoms. The molecule has 0 saturated heterocycles. The van der Waals surface area contributed by atoms with Crippen LogP contribution in [0.3, 0.4) is 0 Å². The molecule has 1 aromatic rings. The minimum atomic E-state index is 0.395. The van der Waals surface area contributed by atoms with E-state index in [4.69, 9.17) is 5.73 Å². The molecule has 0 radical (unpaired) electrons. The molecule has 0 aliphatic heterocycles. The van der Waals surface area contributed by atoms with Gasteiger partial charge in [-0.1, -0.05) is 13.8 Å². The molecular formula is C9H17N3S. The fourth-order valence-electron chi connectivity index (χ4n) is 1.15. The summed E-state index contributed by atoms with van der Waals surface area (Å²) in [6.45, 7) is 6.38. The largest absolute Gasteiger partial charge is 0.383 e. The van der Waals surface area contributed by atoms with Crippen molar-refractivity contribution in [2.45, 2.75) is 38.1 Å². The molecule has 0 spiro atoms. The van der Waals surface area contributed by atoms with E-state index in [2.05, 4.69) is 25.9 Å². The monoisotopic (exact) mass is 199 g/mol. The lowest BCUT2D eigenvalue weighted by Crippen LogP contribution is -2.09. The molecule has 0 amide bonds. The predicted octanol–water partition coefficient (Wildman–Crippen LogP) is 2.55. The van der Waals surface area contributed by atoms with Gasteiger partial charge < -0.3 is 5.73 Å². The third-order valence-corrected chi connectivity index (χ3v) is 3.02. The number of anilines is 1. The van der Waals surface area contributed by atoms with Gasteiger partial charge in [0.1, 0.15) is 5.82 Å². The Labute approximate surface area is 83.7 Å². The van der Waals surface area contributed by atoms with Crippen molar-refractivity contribution in [3.8, 4) is 0 Å². The molecule has 1 aromatic heterocycles. The third-order valence-electron chi connectivity index (χ3n) is 2.11. The van der Waals surface area contributed by atoms with E-state index in [1.165, 1.54) is 0 Å². The molecule has 74 valence electrons. The number of thioether (sulfide) groups is 1. The van der Waals surface area contributed by atoms with Gasteiger partial charge in [-0.25, -0.2) is 4.68 Å². The van der Waals surface area contributed by atoms with E-state index in [0.29, 0.717) is 6.04 Å². The first-order chi connectivity index (χ1) is 6.20. The topological polar surface area (TPSA) is 43.8 Å². The maximum Gasteiger partial charge on any atom is 0.135 e. The Morgan fingerprint density at radius 3 is 2.85 bits per heavy atom. The first kappa shape index (κ1) is 10.4. The highest BCUT2D eigenvalue weighted by Gasteiger charge is 2.10. The van der Waals surface area contributed by atoms with Gasteiger partial charge in [-0.05, 0) is 19.1 Å². The summed E-state index contributed by atoms with van der Waals surface area (Å²) < 4.78 is 1.90. The zero-order valence-corrected chi connectivity index (χ0v) is 9.27. The zero-order chi connectivity index (χ0) is 9.84. The van der Waals surface area contributed by atoms with Crippen LogP contribution in [0.2, 0.25) is 0 Å². The molecule has 0 aliphatic rings. The summed E-state index contributed by atoms with van der Waals surface area (Å²) in [5.41, 5.74) is 5.95. The number of nitrogen functional groups attached to an aromatic ring is 1.